The van der Waals surface area contributed by atoms with Crippen molar-refractivity contribution >= 4 is 11.4 Å². The van der Waals surface area contributed by atoms with Crippen molar-refractivity contribution in [2.24, 2.45) is 34.5 Å². The number of nitrogens with zero attached hydrogens (tertiary/aromatic N) is 1. The van der Waals surface area contributed by atoms with Gasteiger partial charge in [0.05, 0.1) is 0 Å². The number of pyridine rings is 1. The largest absolute Gasteiger partial charge is 0.295 e. The van der Waals surface area contributed by atoms with E-state index in [1.54, 1.807) is 5.57 Å². The average Bonchev–Trinajstić information content (AvgIpc) is 3.06. The van der Waals surface area contributed by atoms with E-state index in [4.69, 9.17) is 0 Å². The first-order valence-corrected chi connectivity index (χ1v) is 11.3. The second-order valence-electron chi connectivity index (χ2n) is 10.3. The van der Waals surface area contributed by atoms with Crippen molar-refractivity contribution < 1.29 is 4.79 Å². The van der Waals surface area contributed by atoms with Crippen LogP contribution in [0.1, 0.15) is 71.3 Å². The van der Waals surface area contributed by atoms with Crippen molar-refractivity contribution in [2.75, 3.05) is 0 Å². The van der Waals surface area contributed by atoms with E-state index < -0.39 is 0 Å². The zero-order chi connectivity index (χ0) is 19.5. The summed E-state index contributed by atoms with van der Waals surface area (Å²) >= 11 is 0. The molecule has 2 heteroatoms. The minimum absolute atomic E-state index is 0.246. The predicted molar refractivity (Wildman–Crippen MR) is 113 cm³/mol. The molecule has 148 valence electrons. The van der Waals surface area contributed by atoms with Crippen LogP contribution in [0.2, 0.25) is 0 Å². The van der Waals surface area contributed by atoms with Crippen LogP contribution in [0.5, 0.6) is 0 Å². The van der Waals surface area contributed by atoms with Crippen LogP contribution < -0.4 is 0 Å². The summed E-state index contributed by atoms with van der Waals surface area (Å²) in [6.45, 7) is 7.35. The van der Waals surface area contributed by atoms with E-state index in [0.717, 1.165) is 30.6 Å². The summed E-state index contributed by atoms with van der Waals surface area (Å²) in [6, 6.07) is 4.31. The number of carbonyl (C=O) groups excluding carboxylic acids is 1. The maximum Gasteiger partial charge on any atom is 0.155 e. The van der Waals surface area contributed by atoms with Gasteiger partial charge in [-0.05, 0) is 96.3 Å². The van der Waals surface area contributed by atoms with E-state index in [-0.39, 0.29) is 10.8 Å². The first kappa shape index (κ1) is 18.3. The third kappa shape index (κ3) is 2.46. The molecule has 6 atom stereocenters. The van der Waals surface area contributed by atoms with Crippen LogP contribution in [0.15, 0.2) is 42.3 Å². The fourth-order valence-electron chi connectivity index (χ4n) is 7.71. The molecule has 2 fully saturated rings. The monoisotopic (exact) mass is 375 g/mol. The molecule has 1 heterocycles. The van der Waals surface area contributed by atoms with Gasteiger partial charge in [0.1, 0.15) is 0 Å². The lowest BCUT2D eigenvalue weighted by Gasteiger charge is -2.59. The van der Waals surface area contributed by atoms with Crippen molar-refractivity contribution in [3.05, 3.63) is 47.8 Å². The Morgan fingerprint density at radius 2 is 2.04 bits per heavy atom. The number of carbonyl (C=O) groups is 1. The quantitative estimate of drug-likeness (QED) is 0.612. The third-order valence-corrected chi connectivity index (χ3v) is 9.16. The van der Waals surface area contributed by atoms with Gasteiger partial charge in [-0.25, -0.2) is 0 Å². The lowest BCUT2D eigenvalue weighted by atomic mass is 9.45. The SMILES string of the molecule is CCC1CC2C(CC[C@]3(C)C(c4cccnc4)=CCC23)[C@@]2(C)CCC(=O)C=C12. The third-order valence-electron chi connectivity index (χ3n) is 9.16. The Morgan fingerprint density at radius 1 is 1.18 bits per heavy atom. The van der Waals surface area contributed by atoms with E-state index in [2.05, 4.69) is 56.2 Å². The molecule has 5 rings (SSSR count). The first-order chi connectivity index (χ1) is 13.5. The van der Waals surface area contributed by atoms with E-state index in [1.165, 1.54) is 43.2 Å². The molecule has 0 N–H and O–H groups in total. The molecule has 1 aromatic heterocycles. The standard InChI is InChI=1S/C26H33NO/c1-4-17-14-20-22-8-7-21(18-6-5-13-27-16-18)25(22,2)12-10-23(20)26(3)11-9-19(28)15-24(17)26/h5-7,13,15-17,20,22-23H,4,8-12,14H2,1-3H3/t17?,20?,22?,23?,25-,26-/m1/s1. The number of hydrogen-bond donors (Lipinski definition) is 0. The van der Waals surface area contributed by atoms with Crippen molar-refractivity contribution in [1.29, 1.82) is 0 Å². The van der Waals surface area contributed by atoms with E-state index >= 15 is 0 Å². The normalized spacial score (nSPS) is 42.2. The van der Waals surface area contributed by atoms with Gasteiger partial charge in [0.15, 0.2) is 5.78 Å². The van der Waals surface area contributed by atoms with Gasteiger partial charge < -0.3 is 0 Å². The smallest absolute Gasteiger partial charge is 0.155 e. The molecule has 0 saturated heterocycles. The Balaban J connectivity index is 1.52. The maximum atomic E-state index is 12.2. The topological polar surface area (TPSA) is 30.0 Å². The highest BCUT2D eigenvalue weighted by atomic mass is 16.1. The van der Waals surface area contributed by atoms with Crippen LogP contribution in [-0.2, 0) is 4.79 Å². The van der Waals surface area contributed by atoms with Crippen molar-refractivity contribution in [2.45, 2.75) is 65.7 Å². The van der Waals surface area contributed by atoms with Gasteiger partial charge in [0.2, 0.25) is 0 Å². The van der Waals surface area contributed by atoms with Crippen LogP contribution in [0.4, 0.5) is 0 Å². The first-order valence-electron chi connectivity index (χ1n) is 11.3. The summed E-state index contributed by atoms with van der Waals surface area (Å²) in [6.07, 6.45) is 16.6. The van der Waals surface area contributed by atoms with Gasteiger partial charge in [-0.1, -0.05) is 38.5 Å². The second-order valence-corrected chi connectivity index (χ2v) is 10.3. The van der Waals surface area contributed by atoms with E-state index in [1.807, 2.05) is 6.20 Å². The van der Waals surface area contributed by atoms with Crippen molar-refractivity contribution in [1.82, 2.24) is 4.98 Å². The molecule has 0 spiro atoms. The minimum atomic E-state index is 0.246. The number of rotatable bonds is 2. The zero-order valence-corrected chi connectivity index (χ0v) is 17.6. The van der Waals surface area contributed by atoms with Gasteiger partial charge in [0, 0.05) is 18.8 Å². The van der Waals surface area contributed by atoms with Crippen LogP contribution in [-0.4, -0.2) is 10.8 Å². The summed E-state index contributed by atoms with van der Waals surface area (Å²) in [4.78, 5) is 16.6. The molecule has 0 amide bonds. The Hall–Kier alpha value is -1.70. The summed E-state index contributed by atoms with van der Waals surface area (Å²) in [7, 11) is 0. The fourth-order valence-corrected chi connectivity index (χ4v) is 7.71. The molecular formula is C26H33NO. The summed E-state index contributed by atoms with van der Waals surface area (Å²) < 4.78 is 0. The van der Waals surface area contributed by atoms with Gasteiger partial charge >= 0.3 is 0 Å². The second kappa shape index (κ2) is 6.40. The highest BCUT2D eigenvalue weighted by molar-refractivity contribution is 5.91. The average molecular weight is 376 g/mol. The number of allylic oxidation sites excluding steroid dienone is 4. The molecular weight excluding hydrogens is 342 g/mol. The van der Waals surface area contributed by atoms with Crippen LogP contribution in [0.25, 0.3) is 5.57 Å². The molecule has 4 unspecified atom stereocenters. The van der Waals surface area contributed by atoms with Gasteiger partial charge in [-0.15, -0.1) is 0 Å². The number of aromatic nitrogens is 1. The van der Waals surface area contributed by atoms with Crippen LogP contribution >= 0.6 is 0 Å². The van der Waals surface area contributed by atoms with Crippen LogP contribution in [0, 0.1) is 34.5 Å². The minimum Gasteiger partial charge on any atom is -0.295 e. The van der Waals surface area contributed by atoms with Crippen LogP contribution in [0.3, 0.4) is 0 Å². The van der Waals surface area contributed by atoms with Gasteiger partial charge in [0.25, 0.3) is 0 Å². The molecule has 0 aliphatic heterocycles. The van der Waals surface area contributed by atoms with E-state index in [0.29, 0.717) is 11.7 Å². The maximum absolute atomic E-state index is 12.2. The lowest BCUT2D eigenvalue weighted by Crippen LogP contribution is -2.52. The number of fused-ring (bicyclic) bond motifs is 5. The zero-order valence-electron chi connectivity index (χ0n) is 17.6. The summed E-state index contributed by atoms with van der Waals surface area (Å²) in [5.74, 6) is 3.23. The molecule has 0 radical (unpaired) electrons. The highest BCUT2D eigenvalue weighted by Crippen LogP contribution is 2.67. The van der Waals surface area contributed by atoms with Crippen molar-refractivity contribution in [3.63, 3.8) is 0 Å². The molecule has 28 heavy (non-hydrogen) atoms. The molecule has 0 bridgehead atoms. The number of ketones is 1. The van der Waals surface area contributed by atoms with E-state index in [9.17, 15) is 4.79 Å². The molecule has 4 aliphatic carbocycles. The number of hydrogen-bond acceptors (Lipinski definition) is 2. The summed E-state index contributed by atoms with van der Waals surface area (Å²) in [5.41, 5.74) is 4.90. The Kier molecular flexibility index (Phi) is 4.19. The Morgan fingerprint density at radius 3 is 2.79 bits per heavy atom. The Bertz CT molecular complexity index is 852. The fraction of sp³-hybridized carbons (Fsp3) is 0.615. The molecule has 2 saturated carbocycles. The highest BCUT2D eigenvalue weighted by Gasteiger charge is 2.58. The van der Waals surface area contributed by atoms with Gasteiger partial charge in [-0.2, -0.15) is 0 Å². The Labute approximate surface area is 169 Å². The lowest BCUT2D eigenvalue weighted by molar-refractivity contribution is -0.117. The predicted octanol–water partition coefficient (Wildman–Crippen LogP) is 6.24. The summed E-state index contributed by atoms with van der Waals surface area (Å²) in [5, 5.41) is 0. The molecule has 4 aliphatic rings. The molecule has 0 aromatic carbocycles. The van der Waals surface area contributed by atoms with Crippen molar-refractivity contribution in [3.8, 4) is 0 Å². The van der Waals surface area contributed by atoms with Gasteiger partial charge in [-0.3, -0.25) is 9.78 Å². The molecule has 2 nitrogen and oxygen atoms in total. The molecule has 1 aromatic rings.